The second kappa shape index (κ2) is 4.52. The van der Waals surface area contributed by atoms with E-state index in [4.69, 9.17) is 23.2 Å². The Hall–Kier alpha value is -0.930. The average molecular weight is 262 g/mol. The lowest BCUT2D eigenvalue weighted by Crippen LogP contribution is -2.27. The molecule has 1 amide bonds. The van der Waals surface area contributed by atoms with Gasteiger partial charge in [0.05, 0.1) is 10.7 Å². The Morgan fingerprint density at radius 2 is 1.88 bits per heavy atom. The predicted molar refractivity (Wildman–Crippen MR) is 66.2 cm³/mol. The molecular formula is C11H13Cl2NO2. The van der Waals surface area contributed by atoms with Gasteiger partial charge in [-0.1, -0.05) is 44.0 Å². The van der Waals surface area contributed by atoms with E-state index in [-0.39, 0.29) is 22.4 Å². The van der Waals surface area contributed by atoms with Crippen molar-refractivity contribution < 1.29 is 9.90 Å². The second-order valence-corrected chi connectivity index (χ2v) is 5.33. The SMILES string of the molecule is CC(C)(C)C(=O)Nc1cc(Cl)cc(Cl)c1O. The summed E-state index contributed by atoms with van der Waals surface area (Å²) < 4.78 is 0. The minimum atomic E-state index is -0.554. The van der Waals surface area contributed by atoms with Crippen LogP contribution in [-0.2, 0) is 4.79 Å². The summed E-state index contributed by atoms with van der Waals surface area (Å²) in [5.74, 6) is -0.398. The smallest absolute Gasteiger partial charge is 0.229 e. The molecule has 1 rings (SSSR count). The van der Waals surface area contributed by atoms with Gasteiger partial charge in [0.25, 0.3) is 0 Å². The summed E-state index contributed by atoms with van der Waals surface area (Å²) in [7, 11) is 0. The van der Waals surface area contributed by atoms with Crippen molar-refractivity contribution in [1.29, 1.82) is 0 Å². The van der Waals surface area contributed by atoms with Crippen LogP contribution in [0.3, 0.4) is 0 Å². The summed E-state index contributed by atoms with van der Waals surface area (Å²) in [6.07, 6.45) is 0. The molecule has 0 fully saturated rings. The second-order valence-electron chi connectivity index (χ2n) is 4.49. The normalized spacial score (nSPS) is 11.3. The van der Waals surface area contributed by atoms with Crippen LogP contribution in [0.2, 0.25) is 10.0 Å². The van der Waals surface area contributed by atoms with Gasteiger partial charge >= 0.3 is 0 Å². The van der Waals surface area contributed by atoms with Gasteiger partial charge in [-0.3, -0.25) is 4.79 Å². The third-order valence-electron chi connectivity index (χ3n) is 1.96. The van der Waals surface area contributed by atoms with Gasteiger partial charge in [0.15, 0.2) is 5.75 Å². The molecule has 88 valence electrons. The molecule has 2 N–H and O–H groups in total. The molecule has 0 radical (unpaired) electrons. The highest BCUT2D eigenvalue weighted by molar-refractivity contribution is 6.36. The number of anilines is 1. The van der Waals surface area contributed by atoms with Crippen molar-refractivity contribution in [1.82, 2.24) is 0 Å². The Morgan fingerprint density at radius 3 is 2.38 bits per heavy atom. The zero-order chi connectivity index (χ0) is 12.5. The van der Waals surface area contributed by atoms with E-state index in [1.54, 1.807) is 20.8 Å². The molecule has 0 bridgehead atoms. The third-order valence-corrected chi connectivity index (χ3v) is 2.46. The van der Waals surface area contributed by atoms with E-state index in [1.807, 2.05) is 0 Å². The Bertz CT molecular complexity index is 425. The maximum atomic E-state index is 11.7. The van der Waals surface area contributed by atoms with E-state index in [0.29, 0.717) is 5.02 Å². The van der Waals surface area contributed by atoms with E-state index in [9.17, 15) is 9.90 Å². The van der Waals surface area contributed by atoms with Gasteiger partial charge in [-0.15, -0.1) is 0 Å². The van der Waals surface area contributed by atoms with Crippen LogP contribution in [-0.4, -0.2) is 11.0 Å². The van der Waals surface area contributed by atoms with E-state index in [2.05, 4.69) is 5.32 Å². The highest BCUT2D eigenvalue weighted by Gasteiger charge is 2.22. The first-order valence-electron chi connectivity index (χ1n) is 4.71. The molecule has 0 atom stereocenters. The Labute approximate surface area is 104 Å². The average Bonchev–Trinajstić information content (AvgIpc) is 2.11. The Morgan fingerprint density at radius 1 is 1.31 bits per heavy atom. The van der Waals surface area contributed by atoms with E-state index < -0.39 is 5.41 Å². The molecular weight excluding hydrogens is 249 g/mol. The molecule has 16 heavy (non-hydrogen) atoms. The van der Waals surface area contributed by atoms with E-state index in [0.717, 1.165) is 0 Å². The van der Waals surface area contributed by atoms with Gasteiger partial charge in [-0.05, 0) is 12.1 Å². The quantitative estimate of drug-likeness (QED) is 0.758. The fraction of sp³-hybridized carbons (Fsp3) is 0.364. The summed E-state index contributed by atoms with van der Waals surface area (Å²) >= 11 is 11.5. The molecule has 0 saturated heterocycles. The first-order chi connectivity index (χ1) is 7.21. The number of amides is 1. The van der Waals surface area contributed by atoms with Gasteiger partial charge in [-0.2, -0.15) is 0 Å². The zero-order valence-electron chi connectivity index (χ0n) is 9.27. The summed E-state index contributed by atoms with van der Waals surface area (Å²) in [5, 5.41) is 12.7. The first kappa shape index (κ1) is 13.1. The highest BCUT2D eigenvalue weighted by Crippen LogP contribution is 2.35. The van der Waals surface area contributed by atoms with Crippen molar-refractivity contribution >= 4 is 34.8 Å². The van der Waals surface area contributed by atoms with Crippen LogP contribution < -0.4 is 5.32 Å². The summed E-state index contributed by atoms with van der Waals surface area (Å²) in [4.78, 5) is 11.7. The largest absolute Gasteiger partial charge is 0.504 e. The number of aromatic hydroxyl groups is 1. The van der Waals surface area contributed by atoms with Gasteiger partial charge in [0, 0.05) is 10.4 Å². The molecule has 5 heteroatoms. The van der Waals surface area contributed by atoms with Crippen LogP contribution in [0.4, 0.5) is 5.69 Å². The number of phenolic OH excluding ortho intramolecular Hbond substituents is 1. The number of rotatable bonds is 1. The van der Waals surface area contributed by atoms with Crippen molar-refractivity contribution in [3.05, 3.63) is 22.2 Å². The number of benzene rings is 1. The van der Waals surface area contributed by atoms with Crippen LogP contribution in [0.5, 0.6) is 5.75 Å². The van der Waals surface area contributed by atoms with Crippen molar-refractivity contribution in [3.8, 4) is 5.75 Å². The molecule has 1 aromatic carbocycles. The summed E-state index contributed by atoms with van der Waals surface area (Å²) in [6.45, 7) is 5.31. The molecule has 0 aliphatic carbocycles. The highest BCUT2D eigenvalue weighted by atomic mass is 35.5. The van der Waals surface area contributed by atoms with Crippen molar-refractivity contribution in [2.45, 2.75) is 20.8 Å². The number of carbonyl (C=O) groups excluding carboxylic acids is 1. The molecule has 0 spiro atoms. The maximum Gasteiger partial charge on any atom is 0.229 e. The topological polar surface area (TPSA) is 49.3 Å². The molecule has 0 aliphatic heterocycles. The van der Waals surface area contributed by atoms with E-state index >= 15 is 0 Å². The van der Waals surface area contributed by atoms with Gasteiger partial charge in [-0.25, -0.2) is 0 Å². The fourth-order valence-corrected chi connectivity index (χ4v) is 1.46. The lowest BCUT2D eigenvalue weighted by atomic mass is 9.95. The van der Waals surface area contributed by atoms with Gasteiger partial charge in [0.2, 0.25) is 5.91 Å². The Kier molecular flexibility index (Phi) is 3.71. The van der Waals surface area contributed by atoms with Crippen LogP contribution in [0.15, 0.2) is 12.1 Å². The van der Waals surface area contributed by atoms with Crippen LogP contribution in [0.25, 0.3) is 0 Å². The molecule has 0 heterocycles. The Balaban J connectivity index is 3.03. The predicted octanol–water partition coefficient (Wildman–Crippen LogP) is 3.68. The van der Waals surface area contributed by atoms with Crippen LogP contribution >= 0.6 is 23.2 Å². The number of hydrogen-bond acceptors (Lipinski definition) is 2. The molecule has 1 aromatic rings. The summed E-state index contributed by atoms with van der Waals surface area (Å²) in [6, 6.07) is 2.86. The number of phenols is 1. The molecule has 0 aromatic heterocycles. The van der Waals surface area contributed by atoms with E-state index in [1.165, 1.54) is 12.1 Å². The fourth-order valence-electron chi connectivity index (χ4n) is 0.971. The van der Waals surface area contributed by atoms with Crippen LogP contribution in [0, 0.1) is 5.41 Å². The maximum absolute atomic E-state index is 11.7. The van der Waals surface area contributed by atoms with Crippen LogP contribution in [0.1, 0.15) is 20.8 Å². The molecule has 0 aliphatic rings. The lowest BCUT2D eigenvalue weighted by Gasteiger charge is -2.18. The monoisotopic (exact) mass is 261 g/mol. The van der Waals surface area contributed by atoms with Gasteiger partial charge in [0.1, 0.15) is 0 Å². The minimum Gasteiger partial charge on any atom is -0.504 e. The minimum absolute atomic E-state index is 0.108. The first-order valence-corrected chi connectivity index (χ1v) is 5.47. The molecule has 0 unspecified atom stereocenters. The standard InChI is InChI=1S/C11H13Cl2NO2/c1-11(2,3)10(16)14-8-5-6(12)4-7(13)9(8)15/h4-5,15H,1-3H3,(H,14,16). The number of hydrogen-bond donors (Lipinski definition) is 2. The molecule has 0 saturated carbocycles. The number of carbonyl (C=O) groups is 1. The number of nitrogens with one attached hydrogen (secondary N) is 1. The van der Waals surface area contributed by atoms with Crippen molar-refractivity contribution in [2.75, 3.05) is 5.32 Å². The number of halogens is 2. The van der Waals surface area contributed by atoms with Crippen molar-refractivity contribution in [2.24, 2.45) is 5.41 Å². The van der Waals surface area contributed by atoms with Crippen molar-refractivity contribution in [3.63, 3.8) is 0 Å². The zero-order valence-corrected chi connectivity index (χ0v) is 10.8. The molecule has 3 nitrogen and oxygen atoms in total. The van der Waals surface area contributed by atoms with Gasteiger partial charge < -0.3 is 10.4 Å². The lowest BCUT2D eigenvalue weighted by molar-refractivity contribution is -0.123. The summed E-state index contributed by atoms with van der Waals surface area (Å²) in [5.41, 5.74) is -0.334. The third kappa shape index (κ3) is 3.03.